The number of benzene rings is 1. The fourth-order valence-corrected chi connectivity index (χ4v) is 2.35. The lowest BCUT2D eigenvalue weighted by Crippen LogP contribution is -2.15. The first-order valence-electron chi connectivity index (χ1n) is 6.64. The molecule has 0 fully saturated rings. The molecule has 4 heteroatoms. The van der Waals surface area contributed by atoms with E-state index in [9.17, 15) is 4.79 Å². The van der Waals surface area contributed by atoms with Crippen molar-refractivity contribution in [2.75, 3.05) is 0 Å². The Morgan fingerprint density at radius 2 is 2.00 bits per heavy atom. The van der Waals surface area contributed by atoms with Gasteiger partial charge in [-0.3, -0.25) is 9.78 Å². The summed E-state index contributed by atoms with van der Waals surface area (Å²) >= 11 is 0. The smallest absolute Gasteiger partial charge is 0.254 e. The van der Waals surface area contributed by atoms with Crippen LogP contribution in [0, 0.1) is 6.92 Å². The average molecular weight is 265 g/mol. The molecule has 0 unspecified atom stereocenters. The maximum atomic E-state index is 12.0. The number of nitrogens with zero attached hydrogens (tertiary/aromatic N) is 2. The molecule has 1 N–H and O–H groups in total. The molecule has 2 heterocycles. The Morgan fingerprint density at radius 1 is 1.20 bits per heavy atom. The Labute approximate surface area is 116 Å². The van der Waals surface area contributed by atoms with Gasteiger partial charge in [-0.1, -0.05) is 25.1 Å². The maximum absolute atomic E-state index is 12.0. The summed E-state index contributed by atoms with van der Waals surface area (Å²) in [6, 6.07) is 9.78. The van der Waals surface area contributed by atoms with Crippen molar-refractivity contribution in [2.24, 2.45) is 0 Å². The first kappa shape index (κ1) is 12.5. The molecule has 3 aromatic rings. The van der Waals surface area contributed by atoms with Crippen LogP contribution < -0.4 is 5.56 Å². The maximum Gasteiger partial charge on any atom is 0.254 e. The Morgan fingerprint density at radius 3 is 2.80 bits per heavy atom. The van der Waals surface area contributed by atoms with Gasteiger partial charge in [-0.25, -0.2) is 4.98 Å². The van der Waals surface area contributed by atoms with Crippen LogP contribution in [0.25, 0.3) is 22.3 Å². The van der Waals surface area contributed by atoms with Crippen molar-refractivity contribution >= 4 is 10.9 Å². The van der Waals surface area contributed by atoms with Gasteiger partial charge in [0.15, 0.2) is 0 Å². The van der Waals surface area contributed by atoms with Gasteiger partial charge in [0.2, 0.25) is 0 Å². The summed E-state index contributed by atoms with van der Waals surface area (Å²) in [6.07, 6.45) is 2.49. The zero-order valence-corrected chi connectivity index (χ0v) is 11.5. The molecule has 0 radical (unpaired) electrons. The molecule has 0 saturated carbocycles. The number of pyridine rings is 1. The van der Waals surface area contributed by atoms with Crippen molar-refractivity contribution < 1.29 is 0 Å². The molecule has 0 amide bonds. The Kier molecular flexibility index (Phi) is 3.06. The molecule has 1 aromatic carbocycles. The van der Waals surface area contributed by atoms with Crippen molar-refractivity contribution in [2.45, 2.75) is 20.3 Å². The predicted octanol–water partition coefficient (Wildman–Crippen LogP) is 2.86. The molecule has 0 aliphatic rings. The Balaban J connectivity index is 2.31. The van der Waals surface area contributed by atoms with Crippen molar-refractivity contribution in [1.29, 1.82) is 0 Å². The standard InChI is InChI=1S/C16H15N3O/c1-3-13-10(2)16(20)19-15(18-13)12-8-4-6-11-7-5-9-17-14(11)12/h4-9H,3H2,1-2H3,(H,18,19,20). The molecule has 0 bridgehead atoms. The summed E-state index contributed by atoms with van der Waals surface area (Å²) < 4.78 is 0. The molecule has 0 spiro atoms. The number of aryl methyl sites for hydroxylation is 1. The lowest BCUT2D eigenvalue weighted by atomic mass is 10.1. The molecule has 100 valence electrons. The van der Waals surface area contributed by atoms with Crippen LogP contribution in [0.1, 0.15) is 18.2 Å². The number of H-pyrrole nitrogens is 1. The third-order valence-corrected chi connectivity index (χ3v) is 3.47. The van der Waals surface area contributed by atoms with Gasteiger partial charge in [0.05, 0.1) is 11.2 Å². The first-order valence-corrected chi connectivity index (χ1v) is 6.64. The van der Waals surface area contributed by atoms with E-state index in [1.807, 2.05) is 37.3 Å². The van der Waals surface area contributed by atoms with E-state index in [1.165, 1.54) is 0 Å². The zero-order valence-electron chi connectivity index (χ0n) is 11.5. The van der Waals surface area contributed by atoms with E-state index in [2.05, 4.69) is 15.0 Å². The normalized spacial score (nSPS) is 10.9. The second kappa shape index (κ2) is 4.89. The highest BCUT2D eigenvalue weighted by Crippen LogP contribution is 2.23. The molecule has 0 aliphatic carbocycles. The summed E-state index contributed by atoms with van der Waals surface area (Å²) in [4.78, 5) is 23.8. The topological polar surface area (TPSA) is 58.6 Å². The molecule has 0 atom stereocenters. The molecular weight excluding hydrogens is 250 g/mol. The Hall–Kier alpha value is -2.49. The molecule has 2 aromatic heterocycles. The summed E-state index contributed by atoms with van der Waals surface area (Å²) in [5.74, 6) is 0.585. The van der Waals surface area contributed by atoms with Crippen LogP contribution in [-0.2, 0) is 6.42 Å². The number of hydrogen-bond donors (Lipinski definition) is 1. The van der Waals surface area contributed by atoms with Crippen LogP contribution in [0.15, 0.2) is 41.3 Å². The van der Waals surface area contributed by atoms with Crippen molar-refractivity contribution in [1.82, 2.24) is 15.0 Å². The highest BCUT2D eigenvalue weighted by molar-refractivity contribution is 5.91. The molecule has 0 aliphatic heterocycles. The summed E-state index contributed by atoms with van der Waals surface area (Å²) in [5, 5.41) is 1.03. The molecular formula is C16H15N3O. The van der Waals surface area contributed by atoms with Gasteiger partial charge in [0.1, 0.15) is 5.82 Å². The van der Waals surface area contributed by atoms with Gasteiger partial charge in [-0.15, -0.1) is 0 Å². The number of aromatic nitrogens is 3. The van der Waals surface area contributed by atoms with E-state index in [-0.39, 0.29) is 5.56 Å². The van der Waals surface area contributed by atoms with Crippen LogP contribution in [0.5, 0.6) is 0 Å². The van der Waals surface area contributed by atoms with Crippen molar-refractivity contribution in [3.63, 3.8) is 0 Å². The number of para-hydroxylation sites is 1. The molecule has 4 nitrogen and oxygen atoms in total. The lowest BCUT2D eigenvalue weighted by molar-refractivity contribution is 0.955. The highest BCUT2D eigenvalue weighted by Gasteiger charge is 2.10. The van der Waals surface area contributed by atoms with Crippen LogP contribution in [-0.4, -0.2) is 15.0 Å². The van der Waals surface area contributed by atoms with E-state index >= 15 is 0 Å². The highest BCUT2D eigenvalue weighted by atomic mass is 16.1. The second-order valence-electron chi connectivity index (χ2n) is 4.72. The molecule has 0 saturated heterocycles. The number of hydrogen-bond acceptors (Lipinski definition) is 3. The van der Waals surface area contributed by atoms with Gasteiger partial charge in [-0.05, 0) is 25.5 Å². The van der Waals surface area contributed by atoms with Crippen molar-refractivity contribution in [3.05, 3.63) is 58.1 Å². The largest absolute Gasteiger partial charge is 0.306 e. The predicted molar refractivity (Wildman–Crippen MR) is 79.7 cm³/mol. The summed E-state index contributed by atoms with van der Waals surface area (Å²) in [6.45, 7) is 3.80. The van der Waals surface area contributed by atoms with Gasteiger partial charge < -0.3 is 4.98 Å². The number of nitrogens with one attached hydrogen (secondary N) is 1. The quantitative estimate of drug-likeness (QED) is 0.775. The van der Waals surface area contributed by atoms with E-state index in [1.54, 1.807) is 13.1 Å². The third-order valence-electron chi connectivity index (χ3n) is 3.47. The average Bonchev–Trinajstić information content (AvgIpc) is 2.49. The van der Waals surface area contributed by atoms with Crippen molar-refractivity contribution in [3.8, 4) is 11.4 Å². The van der Waals surface area contributed by atoms with Crippen LogP contribution in [0.2, 0.25) is 0 Å². The van der Waals surface area contributed by atoms with Crippen LogP contribution in [0.3, 0.4) is 0 Å². The summed E-state index contributed by atoms with van der Waals surface area (Å²) in [7, 11) is 0. The first-order chi connectivity index (χ1) is 9.70. The fraction of sp³-hybridized carbons (Fsp3) is 0.188. The van der Waals surface area contributed by atoms with E-state index in [0.717, 1.165) is 28.6 Å². The van der Waals surface area contributed by atoms with E-state index < -0.39 is 0 Å². The monoisotopic (exact) mass is 265 g/mol. The SMILES string of the molecule is CCc1nc(-c2cccc3cccnc23)[nH]c(=O)c1C. The lowest BCUT2D eigenvalue weighted by Gasteiger charge is -2.08. The van der Waals surface area contributed by atoms with Crippen LogP contribution in [0.4, 0.5) is 0 Å². The fourth-order valence-electron chi connectivity index (χ4n) is 2.35. The number of fused-ring (bicyclic) bond motifs is 1. The van der Waals surface area contributed by atoms with E-state index in [4.69, 9.17) is 0 Å². The number of rotatable bonds is 2. The van der Waals surface area contributed by atoms with Crippen LogP contribution >= 0.6 is 0 Å². The third kappa shape index (κ3) is 1.99. The molecule has 3 rings (SSSR count). The zero-order chi connectivity index (χ0) is 14.1. The Bertz CT molecular complexity index is 831. The minimum absolute atomic E-state index is 0.0835. The second-order valence-corrected chi connectivity index (χ2v) is 4.72. The van der Waals surface area contributed by atoms with Gasteiger partial charge in [-0.2, -0.15) is 0 Å². The van der Waals surface area contributed by atoms with Gasteiger partial charge >= 0.3 is 0 Å². The molecule has 20 heavy (non-hydrogen) atoms. The minimum Gasteiger partial charge on any atom is -0.306 e. The number of aromatic amines is 1. The van der Waals surface area contributed by atoms with E-state index in [0.29, 0.717) is 11.4 Å². The minimum atomic E-state index is -0.0835. The summed E-state index contributed by atoms with van der Waals surface area (Å²) in [5.41, 5.74) is 3.14. The van der Waals surface area contributed by atoms with Gasteiger partial charge in [0, 0.05) is 22.7 Å². The van der Waals surface area contributed by atoms with Gasteiger partial charge in [0.25, 0.3) is 5.56 Å².